The fourth-order valence-corrected chi connectivity index (χ4v) is 5.84. The first-order chi connectivity index (χ1) is 24.3. The van der Waals surface area contributed by atoms with Gasteiger partial charge in [0.25, 0.3) is 0 Å². The fraction of sp³-hybridized carbons (Fsp3) is 0.775. The molecule has 0 aromatic rings. The molecule has 0 aliphatic rings. The molecule has 0 fully saturated rings. The van der Waals surface area contributed by atoms with E-state index in [1.807, 2.05) is 0 Å². The third-order valence-corrected chi connectivity index (χ3v) is 8.98. The Morgan fingerprint density at radius 1 is 0.640 bits per heavy atom. The highest BCUT2D eigenvalue weighted by molar-refractivity contribution is 7.47. The molecule has 0 saturated carbocycles. The number of aliphatic hydroxyl groups excluding tert-OH is 2. The van der Waals surface area contributed by atoms with Crippen molar-refractivity contribution in [3.63, 3.8) is 0 Å². The molecule has 9 nitrogen and oxygen atoms in total. The lowest BCUT2D eigenvalue weighted by Gasteiger charge is -2.20. The molecule has 0 radical (unpaired) electrons. The summed E-state index contributed by atoms with van der Waals surface area (Å²) in [6.45, 7) is 3.34. The van der Waals surface area contributed by atoms with Gasteiger partial charge in [-0.15, -0.1) is 0 Å². The summed E-state index contributed by atoms with van der Waals surface area (Å²) < 4.78 is 33.2. The first-order valence-electron chi connectivity index (χ1n) is 19.6. The van der Waals surface area contributed by atoms with Gasteiger partial charge in [-0.05, 0) is 51.4 Å². The lowest BCUT2D eigenvalue weighted by atomic mass is 10.0. The van der Waals surface area contributed by atoms with Crippen LogP contribution in [0.15, 0.2) is 48.6 Å². The van der Waals surface area contributed by atoms with Gasteiger partial charge in [-0.25, -0.2) is 4.57 Å². The monoisotopic (exact) mass is 728 g/mol. The number of ether oxygens (including phenoxy) is 2. The highest BCUT2D eigenvalue weighted by Crippen LogP contribution is 2.43. The molecule has 1 unspecified atom stereocenters. The summed E-state index contributed by atoms with van der Waals surface area (Å²) in [4.78, 5) is 22.5. The fourth-order valence-electron chi connectivity index (χ4n) is 5.05. The zero-order chi connectivity index (χ0) is 36.8. The van der Waals surface area contributed by atoms with Crippen molar-refractivity contribution in [1.82, 2.24) is 0 Å². The van der Waals surface area contributed by atoms with Gasteiger partial charge in [-0.3, -0.25) is 13.8 Å². The molecule has 0 aromatic heterocycles. The van der Waals surface area contributed by atoms with E-state index in [1.165, 1.54) is 70.6 Å². The first kappa shape index (κ1) is 48.4. The molecule has 292 valence electrons. The van der Waals surface area contributed by atoms with Crippen LogP contribution >= 0.6 is 7.82 Å². The Morgan fingerprint density at radius 3 is 1.68 bits per heavy atom. The average molecular weight is 729 g/mol. The molecule has 0 spiro atoms. The predicted molar refractivity (Wildman–Crippen MR) is 205 cm³/mol. The van der Waals surface area contributed by atoms with Gasteiger partial charge >= 0.3 is 13.8 Å². The second-order valence-corrected chi connectivity index (χ2v) is 14.4. The number of rotatable bonds is 37. The highest BCUT2D eigenvalue weighted by atomic mass is 31.2. The molecule has 0 aromatic carbocycles. The maximum atomic E-state index is 12.5. The minimum Gasteiger partial charge on any atom is -0.457 e. The Labute approximate surface area is 305 Å². The molecule has 10 heteroatoms. The third kappa shape index (κ3) is 36.2. The third-order valence-electron chi connectivity index (χ3n) is 8.03. The Bertz CT molecular complexity index is 919. The van der Waals surface area contributed by atoms with E-state index >= 15 is 0 Å². The maximum Gasteiger partial charge on any atom is 0.472 e. The first-order valence-corrected chi connectivity index (χ1v) is 21.1. The van der Waals surface area contributed by atoms with Crippen molar-refractivity contribution in [2.75, 3.05) is 33.0 Å². The zero-order valence-electron chi connectivity index (χ0n) is 31.6. The summed E-state index contributed by atoms with van der Waals surface area (Å²) in [7, 11) is -4.52. The number of carbonyl (C=O) groups is 1. The predicted octanol–water partition coefficient (Wildman–Crippen LogP) is 10.2. The molecule has 0 amide bonds. The number of hydrogen-bond acceptors (Lipinski definition) is 8. The van der Waals surface area contributed by atoms with Crippen LogP contribution in [0.5, 0.6) is 0 Å². The van der Waals surface area contributed by atoms with Crippen LogP contribution in [0.1, 0.15) is 155 Å². The Morgan fingerprint density at radius 2 is 1.14 bits per heavy atom. The van der Waals surface area contributed by atoms with Crippen LogP contribution in [0.3, 0.4) is 0 Å². The summed E-state index contributed by atoms with van der Waals surface area (Å²) in [5.74, 6) is -0.423. The number of phosphoric acid groups is 1. The number of carbonyl (C=O) groups excluding carboxylic acids is 1. The van der Waals surface area contributed by atoms with Crippen LogP contribution in [-0.4, -0.2) is 66.3 Å². The summed E-state index contributed by atoms with van der Waals surface area (Å²) in [5.41, 5.74) is 0. The lowest BCUT2D eigenvalue weighted by Crippen LogP contribution is -2.29. The number of unbranched alkanes of at least 4 members (excludes halogenated alkanes) is 15. The molecule has 3 N–H and O–H groups in total. The smallest absolute Gasteiger partial charge is 0.457 e. The molecule has 0 saturated heterocycles. The second-order valence-electron chi connectivity index (χ2n) is 12.9. The molecule has 3 atom stereocenters. The molecular weight excluding hydrogens is 655 g/mol. The summed E-state index contributed by atoms with van der Waals surface area (Å²) in [5, 5.41) is 18.3. The van der Waals surface area contributed by atoms with Gasteiger partial charge in [0, 0.05) is 13.0 Å². The van der Waals surface area contributed by atoms with Gasteiger partial charge in [0.1, 0.15) is 12.2 Å². The Balaban J connectivity index is 4.30. The SMILES string of the molecule is CC/C=C\C/C=C\C/C=C\C/C=C\CCCCC(=O)O[C@H](COCCCCCCCCCCCCCCCC)COP(=O)(O)OC[C@@H](O)CO. The van der Waals surface area contributed by atoms with Gasteiger partial charge in [-0.1, -0.05) is 146 Å². The summed E-state index contributed by atoms with van der Waals surface area (Å²) in [6, 6.07) is 0. The molecule has 50 heavy (non-hydrogen) atoms. The van der Waals surface area contributed by atoms with Crippen molar-refractivity contribution in [2.24, 2.45) is 0 Å². The van der Waals surface area contributed by atoms with E-state index < -0.39 is 45.8 Å². The Hall–Kier alpha value is -1.58. The number of allylic oxidation sites excluding steroid dienone is 8. The van der Waals surface area contributed by atoms with Crippen LogP contribution in [-0.2, 0) is 27.9 Å². The van der Waals surface area contributed by atoms with Crippen molar-refractivity contribution in [1.29, 1.82) is 0 Å². The maximum absolute atomic E-state index is 12.5. The van der Waals surface area contributed by atoms with Gasteiger partial charge in [-0.2, -0.15) is 0 Å². The van der Waals surface area contributed by atoms with Crippen molar-refractivity contribution in [2.45, 2.75) is 167 Å². The van der Waals surface area contributed by atoms with E-state index in [0.29, 0.717) is 13.0 Å². The van der Waals surface area contributed by atoms with Crippen molar-refractivity contribution in [3.8, 4) is 0 Å². The molecule has 0 aliphatic heterocycles. The number of phosphoric ester groups is 1. The minimum absolute atomic E-state index is 0.0331. The standard InChI is InChI=1S/C40H73O9P/c1-3-5-7-9-11-13-15-17-19-20-22-24-26-28-30-32-40(43)49-39(37-48-50(44,45)47-35-38(42)34-41)36-46-33-31-29-27-25-23-21-18-16-14-12-10-8-6-4-2/h5,7,11,13,17,19,22,24,38-39,41-42H,3-4,6,8-10,12,14-16,18,20-21,23,25-37H2,1-2H3,(H,44,45)/b7-5-,13-11-,19-17-,24-22-/t38-,39+/m0/s1. The van der Waals surface area contributed by atoms with Gasteiger partial charge < -0.3 is 24.6 Å². The number of hydrogen-bond donors (Lipinski definition) is 3. The Kier molecular flexibility index (Phi) is 36.0. The largest absolute Gasteiger partial charge is 0.472 e. The summed E-state index contributed by atoms with van der Waals surface area (Å²) in [6.07, 6.45) is 39.3. The second kappa shape index (κ2) is 37.2. The van der Waals surface area contributed by atoms with Crippen LogP contribution in [0.25, 0.3) is 0 Å². The van der Waals surface area contributed by atoms with Gasteiger partial charge in [0.2, 0.25) is 0 Å². The van der Waals surface area contributed by atoms with Crippen LogP contribution in [0, 0.1) is 0 Å². The number of esters is 1. The normalized spacial score (nSPS) is 14.7. The van der Waals surface area contributed by atoms with Gasteiger partial charge in [0.15, 0.2) is 0 Å². The van der Waals surface area contributed by atoms with Crippen LogP contribution < -0.4 is 0 Å². The van der Waals surface area contributed by atoms with Crippen LogP contribution in [0.4, 0.5) is 0 Å². The molecule has 0 bridgehead atoms. The van der Waals surface area contributed by atoms with Crippen molar-refractivity contribution >= 4 is 13.8 Å². The van der Waals surface area contributed by atoms with E-state index in [4.69, 9.17) is 23.6 Å². The van der Waals surface area contributed by atoms with Crippen LogP contribution in [0.2, 0.25) is 0 Å². The van der Waals surface area contributed by atoms with Gasteiger partial charge in [0.05, 0.1) is 26.4 Å². The number of aliphatic hydroxyl groups is 2. The molecule has 0 heterocycles. The topological polar surface area (TPSA) is 132 Å². The van der Waals surface area contributed by atoms with Crippen molar-refractivity contribution < 1.29 is 43.0 Å². The highest BCUT2D eigenvalue weighted by Gasteiger charge is 2.26. The van der Waals surface area contributed by atoms with E-state index in [1.54, 1.807) is 0 Å². The van der Waals surface area contributed by atoms with Crippen molar-refractivity contribution in [3.05, 3.63) is 48.6 Å². The minimum atomic E-state index is -4.52. The lowest BCUT2D eigenvalue weighted by molar-refractivity contribution is -0.154. The quantitative estimate of drug-likeness (QED) is 0.0247. The summed E-state index contributed by atoms with van der Waals surface area (Å²) >= 11 is 0. The van der Waals surface area contributed by atoms with E-state index in [-0.39, 0.29) is 13.0 Å². The molecule has 0 rings (SSSR count). The van der Waals surface area contributed by atoms with E-state index in [2.05, 4.69) is 62.5 Å². The molecule has 0 aliphatic carbocycles. The van der Waals surface area contributed by atoms with E-state index in [9.17, 15) is 19.4 Å². The zero-order valence-corrected chi connectivity index (χ0v) is 32.5. The average Bonchev–Trinajstić information content (AvgIpc) is 3.10. The van der Waals surface area contributed by atoms with E-state index in [0.717, 1.165) is 57.8 Å². The molecular formula is C40H73O9P.